The van der Waals surface area contributed by atoms with Crippen LogP contribution in [-0.4, -0.2) is 9.67 Å². The number of aromatic nitrogens is 1. The van der Waals surface area contributed by atoms with Crippen molar-refractivity contribution in [1.82, 2.24) is 4.57 Å². The van der Waals surface area contributed by atoms with E-state index in [0.717, 1.165) is 25.2 Å². The highest BCUT2D eigenvalue weighted by Crippen LogP contribution is 2.39. The average Bonchev–Trinajstić information content (AvgIpc) is 2.67. The topological polar surface area (TPSA) is 25.2 Å². The van der Waals surface area contributed by atoms with Crippen LogP contribution >= 0.6 is 0 Å². The van der Waals surface area contributed by atoms with Gasteiger partial charge in [-0.3, -0.25) is 0 Å². The number of aryl methyl sites for hydroxylation is 1. The first-order chi connectivity index (χ1) is 8.66. The molecule has 100 valence electrons. The van der Waals surface area contributed by atoms with Gasteiger partial charge in [-0.15, -0.1) is 0 Å². The third-order valence-corrected chi connectivity index (χ3v) is 4.89. The van der Waals surface area contributed by atoms with Crippen LogP contribution in [0.1, 0.15) is 74.5 Å². The van der Waals surface area contributed by atoms with Crippen LogP contribution in [0, 0.1) is 12.8 Å². The van der Waals surface area contributed by atoms with Gasteiger partial charge in [-0.1, -0.05) is 19.8 Å². The number of aliphatic hydroxyl groups excluding tert-OH is 1. The highest BCUT2D eigenvalue weighted by Gasteiger charge is 2.28. The molecule has 1 aromatic heterocycles. The maximum atomic E-state index is 10.1. The van der Waals surface area contributed by atoms with Crippen LogP contribution in [0.3, 0.4) is 0 Å². The van der Waals surface area contributed by atoms with Crippen molar-refractivity contribution in [1.29, 1.82) is 0 Å². The number of hydrogen-bond acceptors (Lipinski definition) is 1. The van der Waals surface area contributed by atoms with Gasteiger partial charge in [0, 0.05) is 23.0 Å². The third kappa shape index (κ3) is 2.01. The van der Waals surface area contributed by atoms with Gasteiger partial charge in [0.05, 0.1) is 6.10 Å². The van der Waals surface area contributed by atoms with Crippen molar-refractivity contribution in [3.63, 3.8) is 0 Å². The van der Waals surface area contributed by atoms with Crippen LogP contribution in [0.4, 0.5) is 0 Å². The van der Waals surface area contributed by atoms with Crippen LogP contribution in [0.5, 0.6) is 0 Å². The second-order valence-electron chi connectivity index (χ2n) is 6.39. The Balaban J connectivity index is 1.96. The summed E-state index contributed by atoms with van der Waals surface area (Å²) in [6.45, 7) is 4.59. The van der Waals surface area contributed by atoms with Gasteiger partial charge in [0.25, 0.3) is 0 Å². The Morgan fingerprint density at radius 2 is 2.06 bits per heavy atom. The molecule has 0 spiro atoms. The van der Waals surface area contributed by atoms with E-state index in [0.29, 0.717) is 6.04 Å². The lowest BCUT2D eigenvalue weighted by Gasteiger charge is -2.32. The lowest BCUT2D eigenvalue weighted by molar-refractivity contribution is 0.154. The van der Waals surface area contributed by atoms with E-state index >= 15 is 0 Å². The van der Waals surface area contributed by atoms with Gasteiger partial charge in [0.15, 0.2) is 0 Å². The Bertz CT molecular complexity index is 435. The zero-order valence-corrected chi connectivity index (χ0v) is 11.7. The van der Waals surface area contributed by atoms with E-state index in [-0.39, 0.29) is 6.10 Å². The molecule has 18 heavy (non-hydrogen) atoms. The molecule has 0 radical (unpaired) electrons. The van der Waals surface area contributed by atoms with Crippen LogP contribution < -0.4 is 0 Å². The van der Waals surface area contributed by atoms with E-state index in [2.05, 4.69) is 24.5 Å². The van der Waals surface area contributed by atoms with Gasteiger partial charge < -0.3 is 9.67 Å². The molecule has 1 aromatic rings. The first-order valence-corrected chi connectivity index (χ1v) is 7.55. The SMILES string of the molecule is Cc1cc2c(n1C1CCCC(C)C1)CCCC2O. The summed E-state index contributed by atoms with van der Waals surface area (Å²) in [7, 11) is 0. The normalized spacial score (nSPS) is 32.3. The lowest BCUT2D eigenvalue weighted by atomic mass is 9.86. The van der Waals surface area contributed by atoms with Crippen molar-refractivity contribution in [2.24, 2.45) is 5.92 Å². The number of rotatable bonds is 1. The maximum absolute atomic E-state index is 10.1. The summed E-state index contributed by atoms with van der Waals surface area (Å²) in [6, 6.07) is 2.92. The second-order valence-corrected chi connectivity index (χ2v) is 6.39. The predicted molar refractivity (Wildman–Crippen MR) is 73.7 cm³/mol. The standard InChI is InChI=1S/C16H25NO/c1-11-5-3-6-13(9-11)17-12(2)10-14-15(17)7-4-8-16(14)18/h10-11,13,16,18H,3-9H2,1-2H3. The van der Waals surface area contributed by atoms with Gasteiger partial charge in [-0.2, -0.15) is 0 Å². The molecular formula is C16H25NO. The van der Waals surface area contributed by atoms with Crippen LogP contribution in [0.25, 0.3) is 0 Å². The van der Waals surface area contributed by atoms with Crippen molar-refractivity contribution < 1.29 is 5.11 Å². The van der Waals surface area contributed by atoms with Crippen LogP contribution in [-0.2, 0) is 6.42 Å². The Hall–Kier alpha value is -0.760. The largest absolute Gasteiger partial charge is 0.388 e. The van der Waals surface area contributed by atoms with Gasteiger partial charge in [0.2, 0.25) is 0 Å². The highest BCUT2D eigenvalue weighted by atomic mass is 16.3. The molecule has 2 nitrogen and oxygen atoms in total. The van der Waals surface area contributed by atoms with Crippen LogP contribution in [0.2, 0.25) is 0 Å². The Morgan fingerprint density at radius 3 is 2.83 bits per heavy atom. The molecule has 0 amide bonds. The minimum absolute atomic E-state index is 0.213. The van der Waals surface area contributed by atoms with Crippen molar-refractivity contribution in [2.75, 3.05) is 0 Å². The van der Waals surface area contributed by atoms with Gasteiger partial charge in [0.1, 0.15) is 0 Å². The molecular weight excluding hydrogens is 222 g/mol. The van der Waals surface area contributed by atoms with E-state index in [4.69, 9.17) is 0 Å². The van der Waals surface area contributed by atoms with Crippen molar-refractivity contribution in [2.45, 2.75) is 70.9 Å². The third-order valence-electron chi connectivity index (χ3n) is 4.89. The smallest absolute Gasteiger partial charge is 0.0807 e. The summed E-state index contributed by atoms with van der Waals surface area (Å²) >= 11 is 0. The molecule has 1 heterocycles. The molecule has 0 aromatic carbocycles. The molecule has 3 rings (SSSR count). The summed E-state index contributed by atoms with van der Waals surface area (Å²) in [4.78, 5) is 0. The fourth-order valence-corrected chi connectivity index (χ4v) is 4.05. The lowest BCUT2D eigenvalue weighted by Crippen LogP contribution is -2.22. The first kappa shape index (κ1) is 12.3. The predicted octanol–water partition coefficient (Wildman–Crippen LogP) is 3.92. The minimum atomic E-state index is -0.213. The second kappa shape index (κ2) is 4.73. The molecule has 0 bridgehead atoms. The van der Waals surface area contributed by atoms with Gasteiger partial charge in [-0.25, -0.2) is 0 Å². The molecule has 3 atom stereocenters. The average molecular weight is 247 g/mol. The monoisotopic (exact) mass is 247 g/mol. The summed E-state index contributed by atoms with van der Waals surface area (Å²) < 4.78 is 2.56. The van der Waals surface area contributed by atoms with Crippen molar-refractivity contribution in [3.8, 4) is 0 Å². The fourth-order valence-electron chi connectivity index (χ4n) is 4.05. The van der Waals surface area contributed by atoms with Crippen LogP contribution in [0.15, 0.2) is 6.07 Å². The Kier molecular flexibility index (Phi) is 3.23. The molecule has 1 fully saturated rings. The minimum Gasteiger partial charge on any atom is -0.388 e. The van der Waals surface area contributed by atoms with Crippen molar-refractivity contribution >= 4 is 0 Å². The van der Waals surface area contributed by atoms with E-state index in [1.165, 1.54) is 42.6 Å². The molecule has 2 aliphatic rings. The quantitative estimate of drug-likeness (QED) is 0.799. The molecule has 2 heteroatoms. The molecule has 1 saturated carbocycles. The zero-order valence-electron chi connectivity index (χ0n) is 11.7. The number of aliphatic hydroxyl groups is 1. The Labute approximate surface area is 110 Å². The van der Waals surface area contributed by atoms with Gasteiger partial charge in [-0.05, 0) is 51.0 Å². The summed E-state index contributed by atoms with van der Waals surface area (Å²) in [5, 5.41) is 10.1. The van der Waals surface area contributed by atoms with E-state index < -0.39 is 0 Å². The Morgan fingerprint density at radius 1 is 1.22 bits per heavy atom. The number of hydrogen-bond donors (Lipinski definition) is 1. The van der Waals surface area contributed by atoms with Crippen molar-refractivity contribution in [3.05, 3.63) is 23.0 Å². The van der Waals surface area contributed by atoms with Gasteiger partial charge >= 0.3 is 0 Å². The zero-order chi connectivity index (χ0) is 12.7. The first-order valence-electron chi connectivity index (χ1n) is 7.55. The van der Waals surface area contributed by atoms with E-state index in [1.807, 2.05) is 0 Å². The molecule has 1 N–H and O–H groups in total. The molecule has 3 unspecified atom stereocenters. The maximum Gasteiger partial charge on any atom is 0.0807 e. The molecule has 2 aliphatic carbocycles. The molecule has 0 aliphatic heterocycles. The summed E-state index contributed by atoms with van der Waals surface area (Å²) in [5.74, 6) is 0.856. The number of fused-ring (bicyclic) bond motifs is 1. The highest BCUT2D eigenvalue weighted by molar-refractivity contribution is 5.32. The fraction of sp³-hybridized carbons (Fsp3) is 0.750. The summed E-state index contributed by atoms with van der Waals surface area (Å²) in [6.07, 6.45) is 8.42. The summed E-state index contributed by atoms with van der Waals surface area (Å²) in [5.41, 5.74) is 4.02. The number of nitrogens with zero attached hydrogens (tertiary/aromatic N) is 1. The molecule has 0 saturated heterocycles. The van der Waals surface area contributed by atoms with E-state index in [1.54, 1.807) is 0 Å². The van der Waals surface area contributed by atoms with E-state index in [9.17, 15) is 5.11 Å².